The zero-order chi connectivity index (χ0) is 26.6. The maximum Gasteiger partial charge on any atom is 0.289 e. The summed E-state index contributed by atoms with van der Waals surface area (Å²) in [4.78, 5) is 30.9. The third kappa shape index (κ3) is 6.13. The van der Waals surface area contributed by atoms with E-state index < -0.39 is 0 Å². The van der Waals surface area contributed by atoms with Crippen molar-refractivity contribution in [3.8, 4) is 0 Å². The summed E-state index contributed by atoms with van der Waals surface area (Å²) in [5, 5.41) is 0.686. The van der Waals surface area contributed by atoms with Crippen molar-refractivity contribution in [3.63, 3.8) is 0 Å². The number of furan rings is 1. The van der Waals surface area contributed by atoms with Crippen LogP contribution < -0.4 is 9.80 Å². The average molecular weight is 539 g/mol. The van der Waals surface area contributed by atoms with Gasteiger partial charge in [0.1, 0.15) is 17.4 Å². The molecule has 0 N–H and O–H groups in total. The molecule has 2 aromatic heterocycles. The van der Waals surface area contributed by atoms with E-state index in [1.807, 2.05) is 23.1 Å². The van der Waals surface area contributed by atoms with Gasteiger partial charge in [-0.15, -0.1) is 0 Å². The smallest absolute Gasteiger partial charge is 0.289 e. The topological polar surface area (TPSA) is 69.0 Å². The van der Waals surface area contributed by atoms with E-state index in [4.69, 9.17) is 14.4 Å². The van der Waals surface area contributed by atoms with E-state index >= 15 is 0 Å². The second-order valence-electron chi connectivity index (χ2n) is 10.2. The third-order valence-electron chi connectivity index (χ3n) is 7.11. The Balaban J connectivity index is 1.23. The number of piperazine rings is 2. The molecule has 0 atom stereocenters. The Bertz CT molecular complexity index is 1250. The molecule has 2 fully saturated rings. The van der Waals surface area contributed by atoms with Crippen molar-refractivity contribution in [1.82, 2.24) is 19.8 Å². The zero-order valence-electron chi connectivity index (χ0n) is 22.3. The molecule has 202 valence electrons. The van der Waals surface area contributed by atoms with Crippen LogP contribution in [0.15, 0.2) is 52.0 Å². The Hall–Kier alpha value is -3.11. The Kier molecular flexibility index (Phi) is 8.18. The SMILES string of the molecule is CC(C)c1cc(N2CCN(c3ccccc3F)CC2)nc(SCc2ccc(C(=O)N3CCN(C)CC3)o2)n1. The van der Waals surface area contributed by atoms with Crippen LogP contribution in [-0.2, 0) is 5.75 Å². The molecular formula is C28H35FN6O2S. The number of likely N-dealkylation sites (N-methyl/N-ethyl adjacent to an activating group) is 1. The monoisotopic (exact) mass is 538 g/mol. The molecule has 0 saturated carbocycles. The van der Waals surface area contributed by atoms with Crippen LogP contribution in [0.3, 0.4) is 0 Å². The minimum absolute atomic E-state index is 0.0517. The number of amides is 1. The number of anilines is 2. The van der Waals surface area contributed by atoms with Crippen LogP contribution in [0.5, 0.6) is 0 Å². The fourth-order valence-electron chi connectivity index (χ4n) is 4.71. The largest absolute Gasteiger partial charge is 0.455 e. The highest BCUT2D eigenvalue weighted by atomic mass is 32.2. The summed E-state index contributed by atoms with van der Waals surface area (Å²) in [6, 6.07) is 12.6. The zero-order valence-corrected chi connectivity index (χ0v) is 23.1. The molecule has 1 amide bonds. The molecular weight excluding hydrogens is 503 g/mol. The van der Waals surface area contributed by atoms with E-state index in [-0.39, 0.29) is 17.6 Å². The van der Waals surface area contributed by atoms with Crippen molar-refractivity contribution in [2.45, 2.75) is 30.7 Å². The van der Waals surface area contributed by atoms with Gasteiger partial charge in [-0.05, 0) is 37.2 Å². The molecule has 38 heavy (non-hydrogen) atoms. The molecule has 2 aliphatic heterocycles. The Morgan fingerprint density at radius 1 is 0.974 bits per heavy atom. The van der Waals surface area contributed by atoms with E-state index in [0.29, 0.717) is 35.4 Å². The molecule has 0 unspecified atom stereocenters. The van der Waals surface area contributed by atoms with Crippen molar-refractivity contribution in [1.29, 1.82) is 0 Å². The molecule has 8 nitrogen and oxygen atoms in total. The van der Waals surface area contributed by atoms with Gasteiger partial charge < -0.3 is 24.0 Å². The Morgan fingerprint density at radius 2 is 1.68 bits per heavy atom. The van der Waals surface area contributed by atoms with E-state index in [2.05, 4.69) is 41.7 Å². The number of aromatic nitrogens is 2. The minimum atomic E-state index is -0.185. The van der Waals surface area contributed by atoms with Gasteiger partial charge in [-0.2, -0.15) is 0 Å². The summed E-state index contributed by atoms with van der Waals surface area (Å²) in [6.07, 6.45) is 0. The first-order chi connectivity index (χ1) is 18.4. The van der Waals surface area contributed by atoms with Gasteiger partial charge in [0.25, 0.3) is 5.91 Å². The molecule has 3 aromatic rings. The van der Waals surface area contributed by atoms with Crippen molar-refractivity contribution in [2.75, 3.05) is 69.2 Å². The Morgan fingerprint density at radius 3 is 2.39 bits per heavy atom. The van der Waals surface area contributed by atoms with E-state index in [9.17, 15) is 9.18 Å². The normalized spacial score (nSPS) is 16.9. The summed E-state index contributed by atoms with van der Waals surface area (Å²) in [5.74, 6) is 2.57. The highest BCUT2D eigenvalue weighted by molar-refractivity contribution is 7.98. The van der Waals surface area contributed by atoms with E-state index in [0.717, 1.165) is 56.5 Å². The van der Waals surface area contributed by atoms with Crippen LogP contribution in [0.25, 0.3) is 0 Å². The van der Waals surface area contributed by atoms with Crippen LogP contribution in [0.4, 0.5) is 15.9 Å². The van der Waals surface area contributed by atoms with E-state index in [1.165, 1.54) is 17.8 Å². The second kappa shape index (κ2) is 11.7. The lowest BCUT2D eigenvalue weighted by Crippen LogP contribution is -2.47. The van der Waals surface area contributed by atoms with Gasteiger partial charge in [0.2, 0.25) is 0 Å². The molecule has 0 radical (unpaired) electrons. The van der Waals surface area contributed by atoms with Crippen molar-refractivity contribution >= 4 is 29.2 Å². The van der Waals surface area contributed by atoms with Gasteiger partial charge in [0.05, 0.1) is 11.4 Å². The maximum absolute atomic E-state index is 14.3. The molecule has 0 aliphatic carbocycles. The summed E-state index contributed by atoms with van der Waals surface area (Å²) in [5.41, 5.74) is 1.64. The first-order valence-electron chi connectivity index (χ1n) is 13.2. The summed E-state index contributed by atoms with van der Waals surface area (Å²) in [7, 11) is 2.07. The lowest BCUT2D eigenvalue weighted by Gasteiger charge is -2.37. The van der Waals surface area contributed by atoms with Crippen LogP contribution in [0.2, 0.25) is 0 Å². The van der Waals surface area contributed by atoms with Gasteiger partial charge in [0, 0.05) is 64.1 Å². The van der Waals surface area contributed by atoms with Gasteiger partial charge in [-0.1, -0.05) is 37.7 Å². The highest BCUT2D eigenvalue weighted by Gasteiger charge is 2.24. The summed E-state index contributed by atoms with van der Waals surface area (Å²) < 4.78 is 20.2. The number of hydrogen-bond acceptors (Lipinski definition) is 8. The average Bonchev–Trinajstić information content (AvgIpc) is 3.41. The van der Waals surface area contributed by atoms with Crippen LogP contribution in [0.1, 0.15) is 41.8 Å². The van der Waals surface area contributed by atoms with Crippen LogP contribution >= 0.6 is 11.8 Å². The molecule has 0 spiro atoms. The van der Waals surface area contributed by atoms with Crippen molar-refractivity contribution < 1.29 is 13.6 Å². The van der Waals surface area contributed by atoms with Crippen molar-refractivity contribution in [3.05, 3.63) is 65.5 Å². The van der Waals surface area contributed by atoms with E-state index in [1.54, 1.807) is 12.1 Å². The standard InChI is InChI=1S/C28H35FN6O2S/c1-20(2)23-18-26(34-16-14-33(15-17-34)24-7-5-4-6-22(24)29)31-28(30-23)38-19-21-8-9-25(37-21)27(36)35-12-10-32(3)11-13-35/h4-9,18,20H,10-17,19H2,1-3H3. The number of halogens is 1. The molecule has 2 aliphatic rings. The van der Waals surface area contributed by atoms with Crippen LogP contribution in [0, 0.1) is 5.82 Å². The third-order valence-corrected chi connectivity index (χ3v) is 7.98. The second-order valence-corrected chi connectivity index (χ2v) is 11.1. The van der Waals surface area contributed by atoms with Gasteiger partial charge in [-0.3, -0.25) is 4.79 Å². The predicted molar refractivity (Wildman–Crippen MR) is 149 cm³/mol. The number of benzene rings is 1. The molecule has 5 rings (SSSR count). The van der Waals surface area contributed by atoms with Gasteiger partial charge in [0.15, 0.2) is 10.9 Å². The summed E-state index contributed by atoms with van der Waals surface area (Å²) in [6.45, 7) is 10.4. The first kappa shape index (κ1) is 26.5. The fourth-order valence-corrected chi connectivity index (χ4v) is 5.46. The highest BCUT2D eigenvalue weighted by Crippen LogP contribution is 2.28. The number of carbonyl (C=O) groups excluding carboxylic acids is 1. The fraction of sp³-hybridized carbons (Fsp3) is 0.464. The van der Waals surface area contributed by atoms with Crippen molar-refractivity contribution in [2.24, 2.45) is 0 Å². The molecule has 1 aromatic carbocycles. The minimum Gasteiger partial charge on any atom is -0.455 e. The number of hydrogen-bond donors (Lipinski definition) is 0. The summed E-state index contributed by atoms with van der Waals surface area (Å²) >= 11 is 1.51. The number of nitrogens with zero attached hydrogens (tertiary/aromatic N) is 6. The number of carbonyl (C=O) groups is 1. The number of para-hydroxylation sites is 1. The number of rotatable bonds is 7. The number of thioether (sulfide) groups is 1. The Labute approximate surface area is 227 Å². The quantitative estimate of drug-likeness (QED) is 0.325. The van der Waals surface area contributed by atoms with Crippen LogP contribution in [-0.4, -0.2) is 85.1 Å². The predicted octanol–water partition coefficient (Wildman–Crippen LogP) is 4.34. The molecule has 2 saturated heterocycles. The maximum atomic E-state index is 14.3. The lowest BCUT2D eigenvalue weighted by atomic mass is 10.1. The molecule has 10 heteroatoms. The van der Waals surface area contributed by atoms with Gasteiger partial charge >= 0.3 is 0 Å². The van der Waals surface area contributed by atoms with Gasteiger partial charge in [-0.25, -0.2) is 14.4 Å². The first-order valence-corrected chi connectivity index (χ1v) is 14.2. The lowest BCUT2D eigenvalue weighted by molar-refractivity contribution is 0.0631. The molecule has 0 bridgehead atoms. The molecule has 4 heterocycles.